The van der Waals surface area contributed by atoms with E-state index in [4.69, 9.17) is 10.8 Å². The Morgan fingerprint density at radius 1 is 1.50 bits per heavy atom. The number of hydrogen-bond acceptors (Lipinski definition) is 2. The molecule has 0 aromatic rings. The Balaban J connectivity index is 0.000000810. The van der Waals surface area contributed by atoms with Crippen molar-refractivity contribution in [3.63, 3.8) is 0 Å². The summed E-state index contributed by atoms with van der Waals surface area (Å²) in [5, 5.41) is 8.50. The van der Waals surface area contributed by atoms with Gasteiger partial charge in [0.25, 0.3) is 0 Å². The van der Waals surface area contributed by atoms with Crippen molar-refractivity contribution in [3.8, 4) is 0 Å². The van der Waals surface area contributed by atoms with Crippen molar-refractivity contribution in [1.82, 2.24) is 0 Å². The fourth-order valence-electron chi connectivity index (χ4n) is 1.30. The van der Waals surface area contributed by atoms with Crippen LogP contribution in [-0.2, 0) is 4.79 Å². The van der Waals surface area contributed by atoms with Crippen LogP contribution in [0.3, 0.4) is 0 Å². The molecule has 0 bridgehead atoms. The Morgan fingerprint density at radius 2 is 2.10 bits per heavy atom. The van der Waals surface area contributed by atoms with Crippen molar-refractivity contribution >= 4 is 18.4 Å². The highest BCUT2D eigenvalue weighted by atomic mass is 35.5. The van der Waals surface area contributed by atoms with Gasteiger partial charge in [0.1, 0.15) is 0 Å². The molecule has 1 aliphatic carbocycles. The molecule has 4 heteroatoms. The molecule has 60 valence electrons. The van der Waals surface area contributed by atoms with E-state index in [-0.39, 0.29) is 24.4 Å². The lowest BCUT2D eigenvalue weighted by molar-refractivity contribution is -0.141. The van der Waals surface area contributed by atoms with Crippen LogP contribution in [0.5, 0.6) is 0 Å². The lowest BCUT2D eigenvalue weighted by Crippen LogP contribution is -2.30. The summed E-state index contributed by atoms with van der Waals surface area (Å²) >= 11 is 0. The molecule has 10 heavy (non-hydrogen) atoms. The molecule has 0 saturated heterocycles. The summed E-state index contributed by atoms with van der Waals surface area (Å²) in [5.74, 6) is -1.01. The van der Waals surface area contributed by atoms with E-state index in [1.807, 2.05) is 0 Å². The van der Waals surface area contributed by atoms with Crippen molar-refractivity contribution < 1.29 is 9.90 Å². The summed E-state index contributed by atoms with van der Waals surface area (Å²) in [5.41, 5.74) is 5.50. The molecule has 0 heterocycles. The van der Waals surface area contributed by atoms with Gasteiger partial charge in [-0.2, -0.15) is 0 Å². The molecule has 0 radical (unpaired) electrons. The van der Waals surface area contributed by atoms with E-state index in [2.05, 4.69) is 0 Å². The predicted octanol–water partition coefficient (Wildman–Crippen LogP) is 0.620. The molecule has 0 aromatic carbocycles. The van der Waals surface area contributed by atoms with Crippen molar-refractivity contribution in [2.45, 2.75) is 25.3 Å². The van der Waals surface area contributed by atoms with Crippen LogP contribution < -0.4 is 5.73 Å². The van der Waals surface area contributed by atoms with Gasteiger partial charge in [-0.05, 0) is 12.8 Å². The number of aliphatic carboxylic acids is 1. The number of nitrogens with two attached hydrogens (primary N) is 1. The maximum absolute atomic E-state index is 10.3. The zero-order valence-corrected chi connectivity index (χ0v) is 6.43. The minimum Gasteiger partial charge on any atom is -0.481 e. The van der Waals surface area contributed by atoms with Crippen LogP contribution in [0.4, 0.5) is 0 Å². The third-order valence-corrected chi connectivity index (χ3v) is 1.89. The summed E-state index contributed by atoms with van der Waals surface area (Å²) in [4.78, 5) is 10.3. The second kappa shape index (κ2) is 3.78. The van der Waals surface area contributed by atoms with Crippen molar-refractivity contribution in [2.24, 2.45) is 11.7 Å². The van der Waals surface area contributed by atoms with Crippen LogP contribution in [0.1, 0.15) is 19.3 Å². The molecule has 1 rings (SSSR count). The molecular formula is C6H12ClNO2. The van der Waals surface area contributed by atoms with Gasteiger partial charge in [0.15, 0.2) is 0 Å². The fraction of sp³-hybridized carbons (Fsp3) is 0.833. The average molecular weight is 166 g/mol. The summed E-state index contributed by atoms with van der Waals surface area (Å²) < 4.78 is 0. The normalized spacial score (nSPS) is 31.3. The van der Waals surface area contributed by atoms with Gasteiger partial charge in [0.05, 0.1) is 5.92 Å². The maximum atomic E-state index is 10.3. The topological polar surface area (TPSA) is 63.3 Å². The second-order valence-electron chi connectivity index (χ2n) is 2.54. The standard InChI is InChI=1S/C6H11NO2.ClH/c7-5-3-1-2-4(5)6(8)9;/h4-5H,1-3,7H2,(H,8,9);1H/t4-,5-;/m0./s1. The Kier molecular flexibility index (Phi) is 3.68. The maximum Gasteiger partial charge on any atom is 0.308 e. The summed E-state index contributed by atoms with van der Waals surface area (Å²) in [7, 11) is 0. The first-order valence-corrected chi connectivity index (χ1v) is 3.20. The summed E-state index contributed by atoms with van der Waals surface area (Å²) in [6.45, 7) is 0. The van der Waals surface area contributed by atoms with Crippen LogP contribution in [-0.4, -0.2) is 17.1 Å². The summed E-state index contributed by atoms with van der Waals surface area (Å²) in [6.07, 6.45) is 2.60. The number of carbonyl (C=O) groups is 1. The van der Waals surface area contributed by atoms with Crippen LogP contribution >= 0.6 is 12.4 Å². The molecule has 0 amide bonds. The largest absolute Gasteiger partial charge is 0.481 e. The minimum absolute atomic E-state index is 0. The highest BCUT2D eigenvalue weighted by Crippen LogP contribution is 2.23. The Morgan fingerprint density at radius 3 is 2.30 bits per heavy atom. The SMILES string of the molecule is Cl.N[C@H]1CCC[C@@H]1C(=O)O. The van der Waals surface area contributed by atoms with Gasteiger partial charge in [-0.1, -0.05) is 6.42 Å². The summed E-state index contributed by atoms with van der Waals surface area (Å²) in [6, 6.07) is -0.0949. The van der Waals surface area contributed by atoms with E-state index < -0.39 is 5.97 Å². The quantitative estimate of drug-likeness (QED) is 0.599. The van der Waals surface area contributed by atoms with Gasteiger partial charge < -0.3 is 10.8 Å². The first-order valence-electron chi connectivity index (χ1n) is 3.20. The highest BCUT2D eigenvalue weighted by Gasteiger charge is 2.29. The first-order chi connectivity index (χ1) is 4.22. The number of carboxylic acids is 1. The Labute approximate surface area is 66.0 Å². The van der Waals surface area contributed by atoms with Gasteiger partial charge >= 0.3 is 5.97 Å². The molecule has 1 aliphatic rings. The van der Waals surface area contributed by atoms with Gasteiger partial charge in [0, 0.05) is 6.04 Å². The molecule has 0 spiro atoms. The van der Waals surface area contributed by atoms with Crippen molar-refractivity contribution in [3.05, 3.63) is 0 Å². The van der Waals surface area contributed by atoms with Gasteiger partial charge in [0.2, 0.25) is 0 Å². The number of carboxylic acid groups (broad SMARTS) is 1. The van der Waals surface area contributed by atoms with Crippen molar-refractivity contribution in [2.75, 3.05) is 0 Å². The van der Waals surface area contributed by atoms with E-state index in [0.717, 1.165) is 19.3 Å². The van der Waals surface area contributed by atoms with E-state index in [1.54, 1.807) is 0 Å². The van der Waals surface area contributed by atoms with Gasteiger partial charge in [-0.3, -0.25) is 4.79 Å². The molecule has 3 N–H and O–H groups in total. The highest BCUT2D eigenvalue weighted by molar-refractivity contribution is 5.85. The van der Waals surface area contributed by atoms with Crippen LogP contribution in [0.15, 0.2) is 0 Å². The third-order valence-electron chi connectivity index (χ3n) is 1.89. The first kappa shape index (κ1) is 9.72. The van der Waals surface area contributed by atoms with Crippen LogP contribution in [0, 0.1) is 5.92 Å². The van der Waals surface area contributed by atoms with E-state index in [0.29, 0.717) is 0 Å². The van der Waals surface area contributed by atoms with E-state index in [1.165, 1.54) is 0 Å². The smallest absolute Gasteiger partial charge is 0.308 e. The molecule has 0 aromatic heterocycles. The zero-order chi connectivity index (χ0) is 6.85. The van der Waals surface area contributed by atoms with Crippen molar-refractivity contribution in [1.29, 1.82) is 0 Å². The fourth-order valence-corrected chi connectivity index (χ4v) is 1.30. The average Bonchev–Trinajstić information content (AvgIpc) is 2.13. The lowest BCUT2D eigenvalue weighted by Gasteiger charge is -2.07. The number of halogens is 1. The van der Waals surface area contributed by atoms with E-state index in [9.17, 15) is 4.79 Å². The third kappa shape index (κ3) is 1.85. The molecule has 1 saturated carbocycles. The number of hydrogen-bond donors (Lipinski definition) is 2. The van der Waals surface area contributed by atoms with E-state index >= 15 is 0 Å². The minimum atomic E-state index is -0.736. The predicted molar refractivity (Wildman–Crippen MR) is 40.2 cm³/mol. The zero-order valence-electron chi connectivity index (χ0n) is 5.62. The number of rotatable bonds is 1. The molecule has 0 aliphatic heterocycles. The lowest BCUT2D eigenvalue weighted by atomic mass is 10.1. The Bertz CT molecular complexity index is 129. The molecule has 2 atom stereocenters. The molecule has 1 fully saturated rings. The second-order valence-corrected chi connectivity index (χ2v) is 2.54. The monoisotopic (exact) mass is 165 g/mol. The van der Waals surface area contributed by atoms with Gasteiger partial charge in [-0.15, -0.1) is 12.4 Å². The molecule has 3 nitrogen and oxygen atoms in total. The molecular weight excluding hydrogens is 154 g/mol. The van der Waals surface area contributed by atoms with Gasteiger partial charge in [-0.25, -0.2) is 0 Å². The Hall–Kier alpha value is -0.280. The molecule has 0 unspecified atom stereocenters. The van der Waals surface area contributed by atoms with Crippen LogP contribution in [0.25, 0.3) is 0 Å². The van der Waals surface area contributed by atoms with Crippen LogP contribution in [0.2, 0.25) is 0 Å².